The standard InChI is InChI=1S/C10H19N/c1-4-6-11-7-5-9(2)10(3)8-11/h4,9-10H,1,5-8H2,2-3H3. The van der Waals surface area contributed by atoms with Gasteiger partial charge in [0, 0.05) is 13.1 Å². The third-order valence-electron chi connectivity index (χ3n) is 2.81. The zero-order valence-electron chi connectivity index (χ0n) is 7.71. The zero-order chi connectivity index (χ0) is 8.27. The first-order valence-corrected chi connectivity index (χ1v) is 4.57. The smallest absolute Gasteiger partial charge is 0.0160 e. The van der Waals surface area contributed by atoms with E-state index in [1.807, 2.05) is 6.08 Å². The molecule has 1 aliphatic heterocycles. The van der Waals surface area contributed by atoms with E-state index in [0.717, 1.165) is 18.4 Å². The summed E-state index contributed by atoms with van der Waals surface area (Å²) in [5, 5.41) is 0. The first kappa shape index (κ1) is 8.79. The molecule has 11 heavy (non-hydrogen) atoms. The number of piperidine rings is 1. The molecule has 0 N–H and O–H groups in total. The monoisotopic (exact) mass is 153 g/mol. The molecule has 0 saturated carbocycles. The van der Waals surface area contributed by atoms with Crippen molar-refractivity contribution in [2.24, 2.45) is 11.8 Å². The van der Waals surface area contributed by atoms with Crippen LogP contribution in [-0.2, 0) is 0 Å². The lowest BCUT2D eigenvalue weighted by Gasteiger charge is -2.34. The van der Waals surface area contributed by atoms with Crippen molar-refractivity contribution in [1.82, 2.24) is 4.90 Å². The predicted octanol–water partition coefficient (Wildman–Crippen LogP) is 2.15. The Bertz CT molecular complexity index is 131. The molecular formula is C10H19N. The third-order valence-corrected chi connectivity index (χ3v) is 2.81. The van der Waals surface area contributed by atoms with E-state index in [-0.39, 0.29) is 0 Å². The van der Waals surface area contributed by atoms with Crippen molar-refractivity contribution < 1.29 is 0 Å². The Hall–Kier alpha value is -0.300. The minimum absolute atomic E-state index is 0.865. The molecule has 0 amide bonds. The van der Waals surface area contributed by atoms with Gasteiger partial charge in [-0.1, -0.05) is 19.9 Å². The lowest BCUT2D eigenvalue weighted by Crippen LogP contribution is -2.38. The summed E-state index contributed by atoms with van der Waals surface area (Å²) in [6, 6.07) is 0. The minimum atomic E-state index is 0.865. The molecule has 0 radical (unpaired) electrons. The maximum atomic E-state index is 3.76. The zero-order valence-corrected chi connectivity index (χ0v) is 7.71. The van der Waals surface area contributed by atoms with Crippen molar-refractivity contribution in [1.29, 1.82) is 0 Å². The molecule has 2 unspecified atom stereocenters. The maximum Gasteiger partial charge on any atom is 0.0160 e. The van der Waals surface area contributed by atoms with Crippen LogP contribution in [0.4, 0.5) is 0 Å². The van der Waals surface area contributed by atoms with E-state index < -0.39 is 0 Å². The summed E-state index contributed by atoms with van der Waals surface area (Å²) in [6.07, 6.45) is 3.36. The van der Waals surface area contributed by atoms with Gasteiger partial charge in [-0.25, -0.2) is 0 Å². The van der Waals surface area contributed by atoms with Gasteiger partial charge in [-0.2, -0.15) is 0 Å². The molecule has 0 aromatic carbocycles. The highest BCUT2D eigenvalue weighted by Crippen LogP contribution is 2.21. The predicted molar refractivity (Wildman–Crippen MR) is 49.6 cm³/mol. The lowest BCUT2D eigenvalue weighted by molar-refractivity contribution is 0.151. The molecule has 0 aliphatic carbocycles. The maximum absolute atomic E-state index is 3.76. The number of nitrogens with zero attached hydrogens (tertiary/aromatic N) is 1. The highest BCUT2D eigenvalue weighted by molar-refractivity contribution is 4.80. The molecule has 2 atom stereocenters. The van der Waals surface area contributed by atoms with Crippen LogP contribution in [0.25, 0.3) is 0 Å². The Kier molecular flexibility index (Phi) is 3.13. The van der Waals surface area contributed by atoms with E-state index in [9.17, 15) is 0 Å². The highest BCUT2D eigenvalue weighted by Gasteiger charge is 2.21. The van der Waals surface area contributed by atoms with Crippen molar-refractivity contribution >= 4 is 0 Å². The molecule has 1 heteroatoms. The topological polar surface area (TPSA) is 3.24 Å². The van der Waals surface area contributed by atoms with Crippen LogP contribution in [0.5, 0.6) is 0 Å². The molecule has 1 heterocycles. The van der Waals surface area contributed by atoms with Gasteiger partial charge in [-0.15, -0.1) is 6.58 Å². The molecule has 0 bridgehead atoms. The molecule has 64 valence electrons. The van der Waals surface area contributed by atoms with Crippen LogP contribution in [0.15, 0.2) is 12.7 Å². The molecular weight excluding hydrogens is 134 g/mol. The number of hydrogen-bond donors (Lipinski definition) is 0. The average Bonchev–Trinajstić information content (AvgIpc) is 1.98. The fraction of sp³-hybridized carbons (Fsp3) is 0.800. The van der Waals surface area contributed by atoms with Gasteiger partial charge in [-0.3, -0.25) is 4.90 Å². The van der Waals surface area contributed by atoms with E-state index in [1.165, 1.54) is 19.5 Å². The SMILES string of the molecule is C=CCN1CCC(C)C(C)C1. The van der Waals surface area contributed by atoms with Crippen molar-refractivity contribution in [3.05, 3.63) is 12.7 Å². The molecule has 1 aliphatic rings. The van der Waals surface area contributed by atoms with Gasteiger partial charge >= 0.3 is 0 Å². The van der Waals surface area contributed by atoms with Gasteiger partial charge in [0.2, 0.25) is 0 Å². The van der Waals surface area contributed by atoms with Crippen molar-refractivity contribution in [2.75, 3.05) is 19.6 Å². The first-order chi connectivity index (χ1) is 5.24. The summed E-state index contributed by atoms with van der Waals surface area (Å²) in [5.74, 6) is 1.78. The fourth-order valence-electron chi connectivity index (χ4n) is 1.70. The first-order valence-electron chi connectivity index (χ1n) is 4.57. The average molecular weight is 153 g/mol. The molecule has 1 fully saturated rings. The Morgan fingerprint density at radius 3 is 2.73 bits per heavy atom. The second-order valence-corrected chi connectivity index (χ2v) is 3.79. The van der Waals surface area contributed by atoms with Gasteiger partial charge in [0.25, 0.3) is 0 Å². The van der Waals surface area contributed by atoms with Crippen molar-refractivity contribution in [3.8, 4) is 0 Å². The van der Waals surface area contributed by atoms with Crippen LogP contribution in [0.3, 0.4) is 0 Å². The van der Waals surface area contributed by atoms with Crippen LogP contribution in [-0.4, -0.2) is 24.5 Å². The quantitative estimate of drug-likeness (QED) is 0.549. The van der Waals surface area contributed by atoms with Gasteiger partial charge in [0.1, 0.15) is 0 Å². The largest absolute Gasteiger partial charge is 0.299 e. The summed E-state index contributed by atoms with van der Waals surface area (Å²) in [6.45, 7) is 12.0. The van der Waals surface area contributed by atoms with Gasteiger partial charge < -0.3 is 0 Å². The van der Waals surface area contributed by atoms with Crippen LogP contribution in [0.2, 0.25) is 0 Å². The highest BCUT2D eigenvalue weighted by atomic mass is 15.1. The summed E-state index contributed by atoms with van der Waals surface area (Å²) < 4.78 is 0. The summed E-state index contributed by atoms with van der Waals surface area (Å²) in [7, 11) is 0. The Morgan fingerprint density at radius 2 is 2.18 bits per heavy atom. The molecule has 0 aromatic heterocycles. The van der Waals surface area contributed by atoms with Crippen LogP contribution in [0.1, 0.15) is 20.3 Å². The Labute approximate surface area is 70.1 Å². The second-order valence-electron chi connectivity index (χ2n) is 3.79. The second kappa shape index (κ2) is 3.91. The summed E-state index contributed by atoms with van der Waals surface area (Å²) in [5.41, 5.74) is 0. The van der Waals surface area contributed by atoms with Crippen molar-refractivity contribution in [3.63, 3.8) is 0 Å². The normalized spacial score (nSPS) is 33.6. The van der Waals surface area contributed by atoms with E-state index in [2.05, 4.69) is 25.3 Å². The van der Waals surface area contributed by atoms with E-state index in [4.69, 9.17) is 0 Å². The minimum Gasteiger partial charge on any atom is -0.299 e. The number of rotatable bonds is 2. The van der Waals surface area contributed by atoms with Crippen LogP contribution < -0.4 is 0 Å². The molecule has 1 nitrogen and oxygen atoms in total. The number of hydrogen-bond acceptors (Lipinski definition) is 1. The Morgan fingerprint density at radius 1 is 1.45 bits per heavy atom. The van der Waals surface area contributed by atoms with Crippen molar-refractivity contribution in [2.45, 2.75) is 20.3 Å². The van der Waals surface area contributed by atoms with E-state index in [1.54, 1.807) is 0 Å². The lowest BCUT2D eigenvalue weighted by atomic mass is 9.89. The third kappa shape index (κ3) is 2.33. The Balaban J connectivity index is 2.33. The van der Waals surface area contributed by atoms with Gasteiger partial charge in [-0.05, 0) is 24.8 Å². The molecule has 0 spiro atoms. The van der Waals surface area contributed by atoms with Crippen LogP contribution >= 0.6 is 0 Å². The van der Waals surface area contributed by atoms with Gasteiger partial charge in [0.15, 0.2) is 0 Å². The molecule has 1 rings (SSSR count). The van der Waals surface area contributed by atoms with Crippen LogP contribution in [0, 0.1) is 11.8 Å². The van der Waals surface area contributed by atoms with Gasteiger partial charge in [0.05, 0.1) is 0 Å². The molecule has 1 saturated heterocycles. The molecule has 0 aromatic rings. The van der Waals surface area contributed by atoms with E-state index in [0.29, 0.717) is 0 Å². The summed E-state index contributed by atoms with van der Waals surface area (Å²) in [4.78, 5) is 2.48. The number of likely N-dealkylation sites (tertiary alicyclic amines) is 1. The summed E-state index contributed by atoms with van der Waals surface area (Å²) >= 11 is 0. The fourth-order valence-corrected chi connectivity index (χ4v) is 1.70. The van der Waals surface area contributed by atoms with E-state index >= 15 is 0 Å².